The molecule has 1 unspecified atom stereocenters. The Morgan fingerprint density at radius 1 is 0.576 bits per heavy atom. The molecule has 2 heteroatoms. The van der Waals surface area contributed by atoms with Gasteiger partial charge in [-0.05, 0) is 85.0 Å². The summed E-state index contributed by atoms with van der Waals surface area (Å²) in [5, 5.41) is 2.01. The first kappa shape index (κ1) is 25.0. The van der Waals surface area contributed by atoms with Gasteiger partial charge in [0.25, 0.3) is 0 Å². The molecule has 0 bridgehead atoms. The van der Waals surface area contributed by atoms with Crippen LogP contribution in [0.5, 0.6) is 0 Å². The lowest BCUT2D eigenvalue weighted by atomic mass is 9.99. The molecule has 0 nitrogen and oxygen atoms in total. The van der Waals surface area contributed by atoms with Gasteiger partial charge in [-0.2, -0.15) is 0 Å². The third-order valence-corrected chi connectivity index (χ3v) is 17.8. The summed E-state index contributed by atoms with van der Waals surface area (Å²) in [6, 6.07) is 0. The number of hydrogen-bond acceptors (Lipinski definition) is 0. The maximum absolute atomic E-state index is 2.76. The summed E-state index contributed by atoms with van der Waals surface area (Å²) in [5.41, 5.74) is 5.25. The van der Waals surface area contributed by atoms with E-state index in [9.17, 15) is 0 Å². The van der Waals surface area contributed by atoms with E-state index in [2.05, 4.69) is 25.2 Å². The summed E-state index contributed by atoms with van der Waals surface area (Å²) >= 11 is 0. The van der Waals surface area contributed by atoms with E-state index in [-0.39, 0.29) is 15.8 Å². The van der Waals surface area contributed by atoms with Crippen LogP contribution in [0.1, 0.15) is 135 Å². The van der Waals surface area contributed by atoms with Crippen LogP contribution >= 0.6 is 15.8 Å². The molecule has 0 spiro atoms. The predicted molar refractivity (Wildman–Crippen MR) is 152 cm³/mol. The Morgan fingerprint density at radius 3 is 1.39 bits per heavy atom. The van der Waals surface area contributed by atoms with Crippen LogP contribution in [0.25, 0.3) is 0 Å². The summed E-state index contributed by atoms with van der Waals surface area (Å²) in [7, 11) is 0.242. The molecule has 0 aliphatic heterocycles. The molecule has 4 saturated carbocycles. The third-order valence-electron chi connectivity index (χ3n) is 10.1. The minimum atomic E-state index is 0.0795. The first-order chi connectivity index (χ1) is 16.3. The van der Waals surface area contributed by atoms with E-state index in [1.807, 2.05) is 5.31 Å². The zero-order valence-electron chi connectivity index (χ0n) is 21.7. The molecule has 0 aromatic carbocycles. The fraction of sp³-hybridized carbons (Fsp3) is 0.871. The molecule has 0 amide bonds. The number of hydrogen-bond donors (Lipinski definition) is 0. The smallest absolute Gasteiger partial charge is 0.00908 e. The largest absolute Gasteiger partial charge is 0.0965 e. The highest BCUT2D eigenvalue weighted by atomic mass is 31.1. The zero-order chi connectivity index (χ0) is 22.5. The molecular weight excluding hydrogens is 434 g/mol. The summed E-state index contributed by atoms with van der Waals surface area (Å²) in [5.74, 6) is 0.815. The zero-order valence-corrected chi connectivity index (χ0v) is 23.5. The SMILES string of the molecule is C[C@H](C1C=CC=C1P(C1CCCCC1)C1CCCCC1)P(C1CCCCC1)C1CCCCC1. The Labute approximate surface area is 208 Å². The van der Waals surface area contributed by atoms with Crippen molar-refractivity contribution in [2.45, 2.75) is 164 Å². The summed E-state index contributed by atoms with van der Waals surface area (Å²) in [4.78, 5) is 0. The van der Waals surface area contributed by atoms with Crippen LogP contribution in [-0.4, -0.2) is 28.3 Å². The topological polar surface area (TPSA) is 0 Å². The lowest BCUT2D eigenvalue weighted by molar-refractivity contribution is 0.477. The van der Waals surface area contributed by atoms with Crippen molar-refractivity contribution in [2.24, 2.45) is 5.92 Å². The lowest BCUT2D eigenvalue weighted by Gasteiger charge is -2.46. The van der Waals surface area contributed by atoms with Crippen molar-refractivity contribution in [3.8, 4) is 0 Å². The molecule has 0 aromatic heterocycles. The lowest BCUT2D eigenvalue weighted by Crippen LogP contribution is -2.30. The van der Waals surface area contributed by atoms with Gasteiger partial charge < -0.3 is 0 Å². The van der Waals surface area contributed by atoms with Crippen molar-refractivity contribution in [3.05, 3.63) is 23.5 Å². The fourth-order valence-electron chi connectivity index (χ4n) is 8.49. The van der Waals surface area contributed by atoms with Gasteiger partial charge in [-0.15, -0.1) is 0 Å². The molecule has 186 valence electrons. The third kappa shape index (κ3) is 6.02. The van der Waals surface area contributed by atoms with Gasteiger partial charge in [0.15, 0.2) is 0 Å². The molecule has 0 saturated heterocycles. The van der Waals surface area contributed by atoms with Gasteiger partial charge in [0, 0.05) is 5.92 Å². The average molecular weight is 487 g/mol. The van der Waals surface area contributed by atoms with Crippen LogP contribution in [0.15, 0.2) is 23.5 Å². The van der Waals surface area contributed by atoms with Gasteiger partial charge >= 0.3 is 0 Å². The number of rotatable bonds is 7. The fourth-order valence-corrected chi connectivity index (χ4v) is 17.3. The van der Waals surface area contributed by atoms with Gasteiger partial charge in [0.2, 0.25) is 0 Å². The first-order valence-electron chi connectivity index (χ1n) is 15.3. The van der Waals surface area contributed by atoms with Crippen molar-refractivity contribution in [2.75, 3.05) is 0 Å². The monoisotopic (exact) mass is 486 g/mol. The molecule has 0 heterocycles. The van der Waals surface area contributed by atoms with Crippen LogP contribution in [0.4, 0.5) is 0 Å². The minimum absolute atomic E-state index is 0.0795. The van der Waals surface area contributed by atoms with Crippen molar-refractivity contribution in [3.63, 3.8) is 0 Å². The van der Waals surface area contributed by atoms with Crippen LogP contribution in [-0.2, 0) is 0 Å². The second kappa shape index (κ2) is 12.5. The summed E-state index contributed by atoms with van der Waals surface area (Å²) in [6.07, 6.45) is 38.7. The van der Waals surface area contributed by atoms with E-state index < -0.39 is 0 Å². The Kier molecular flexibility index (Phi) is 9.50. The Morgan fingerprint density at radius 2 is 0.970 bits per heavy atom. The molecular formula is C31H52P2. The molecule has 5 rings (SSSR count). The van der Waals surface area contributed by atoms with E-state index in [0.29, 0.717) is 0 Å². The van der Waals surface area contributed by atoms with E-state index in [1.54, 1.807) is 51.4 Å². The first-order valence-corrected chi connectivity index (χ1v) is 18.3. The minimum Gasteiger partial charge on any atom is -0.0965 e. The van der Waals surface area contributed by atoms with Gasteiger partial charge in [0.1, 0.15) is 0 Å². The van der Waals surface area contributed by atoms with Crippen LogP contribution in [0, 0.1) is 5.92 Å². The van der Waals surface area contributed by atoms with Crippen LogP contribution < -0.4 is 0 Å². The molecule has 0 N–H and O–H groups in total. The highest BCUT2D eigenvalue weighted by molar-refractivity contribution is 7.64. The van der Waals surface area contributed by atoms with E-state index in [1.165, 1.54) is 77.0 Å². The van der Waals surface area contributed by atoms with E-state index in [4.69, 9.17) is 0 Å². The quantitative estimate of drug-likeness (QED) is 0.314. The predicted octanol–water partition coefficient (Wildman–Crippen LogP) is 10.7. The van der Waals surface area contributed by atoms with Gasteiger partial charge in [-0.25, -0.2) is 0 Å². The van der Waals surface area contributed by atoms with Crippen molar-refractivity contribution in [1.82, 2.24) is 0 Å². The van der Waals surface area contributed by atoms with E-state index >= 15 is 0 Å². The normalized spacial score (nSPS) is 30.3. The molecule has 0 aromatic rings. The summed E-state index contributed by atoms with van der Waals surface area (Å²) < 4.78 is 0. The molecule has 4 fully saturated rings. The van der Waals surface area contributed by atoms with E-state index in [0.717, 1.165) is 34.2 Å². The Bertz CT molecular complexity index is 606. The van der Waals surface area contributed by atoms with Crippen molar-refractivity contribution in [1.29, 1.82) is 0 Å². The second-order valence-corrected chi connectivity index (χ2v) is 18.2. The van der Waals surface area contributed by atoms with Gasteiger partial charge in [-0.3, -0.25) is 0 Å². The molecule has 5 aliphatic rings. The maximum atomic E-state index is 2.76. The maximum Gasteiger partial charge on any atom is 0.00908 e. The highest BCUT2D eigenvalue weighted by Crippen LogP contribution is 2.68. The average Bonchev–Trinajstić information content (AvgIpc) is 3.36. The molecule has 0 radical (unpaired) electrons. The van der Waals surface area contributed by atoms with Gasteiger partial charge in [-0.1, -0.05) is 118 Å². The van der Waals surface area contributed by atoms with Crippen molar-refractivity contribution >= 4 is 15.8 Å². The van der Waals surface area contributed by atoms with Crippen molar-refractivity contribution < 1.29 is 0 Å². The van der Waals surface area contributed by atoms with Crippen LogP contribution in [0.2, 0.25) is 0 Å². The molecule has 2 atom stereocenters. The Hall–Kier alpha value is 0.340. The Balaban J connectivity index is 1.39. The summed E-state index contributed by atoms with van der Waals surface area (Å²) in [6.45, 7) is 2.76. The standard InChI is InChI=1S/C31H52P2/c1-25(32(26-15-6-2-7-16-26)27-17-8-3-9-18-27)30-23-14-24-31(30)33(28-19-10-4-11-20-28)29-21-12-5-13-22-29/h14,23-30H,2-13,15-22H2,1H3/t25-,30?/m1/s1. The molecule has 33 heavy (non-hydrogen) atoms. The second-order valence-electron chi connectivity index (χ2n) is 12.3. The highest BCUT2D eigenvalue weighted by Gasteiger charge is 2.42. The number of allylic oxidation sites excluding steroid dienone is 4. The van der Waals surface area contributed by atoms with Crippen LogP contribution in [0.3, 0.4) is 0 Å². The molecule has 5 aliphatic carbocycles. The van der Waals surface area contributed by atoms with Gasteiger partial charge in [0.05, 0.1) is 0 Å².